The van der Waals surface area contributed by atoms with E-state index >= 15 is 0 Å². The van der Waals surface area contributed by atoms with E-state index in [2.05, 4.69) is 57.2 Å². The van der Waals surface area contributed by atoms with Gasteiger partial charge < -0.3 is 20.1 Å². The van der Waals surface area contributed by atoms with Crippen molar-refractivity contribution in [2.75, 3.05) is 6.61 Å². The molecular formula is C32H44O5. The van der Waals surface area contributed by atoms with Gasteiger partial charge in [-0.15, -0.1) is 0 Å². The first-order valence-electron chi connectivity index (χ1n) is 13.8. The predicted molar refractivity (Wildman–Crippen MR) is 149 cm³/mol. The number of aliphatic hydroxyl groups is 2. The van der Waals surface area contributed by atoms with Crippen molar-refractivity contribution in [3.05, 3.63) is 70.3 Å². The smallest absolute Gasteiger partial charge is 0.303 e. The second kappa shape index (κ2) is 12.7. The summed E-state index contributed by atoms with van der Waals surface area (Å²) in [6, 6.07) is 12.9. The Morgan fingerprint density at radius 1 is 1.03 bits per heavy atom. The van der Waals surface area contributed by atoms with Gasteiger partial charge in [0.25, 0.3) is 0 Å². The van der Waals surface area contributed by atoms with Crippen LogP contribution in [0.1, 0.15) is 99.5 Å². The number of rotatable bonds is 12. The van der Waals surface area contributed by atoms with Gasteiger partial charge in [0, 0.05) is 11.8 Å². The summed E-state index contributed by atoms with van der Waals surface area (Å²) in [5.41, 5.74) is 5.03. The van der Waals surface area contributed by atoms with E-state index < -0.39 is 17.7 Å². The molecule has 3 N–H and O–H groups in total. The summed E-state index contributed by atoms with van der Waals surface area (Å²) in [6.45, 7) is 8.67. The summed E-state index contributed by atoms with van der Waals surface area (Å²) < 4.78 is 5.82. The number of benzene rings is 2. The largest absolute Gasteiger partial charge is 0.491 e. The molecule has 0 saturated heterocycles. The van der Waals surface area contributed by atoms with E-state index in [0.717, 1.165) is 49.7 Å². The van der Waals surface area contributed by atoms with Crippen molar-refractivity contribution in [3.8, 4) is 5.75 Å². The van der Waals surface area contributed by atoms with Crippen LogP contribution in [-0.4, -0.2) is 39.6 Å². The molecule has 1 saturated carbocycles. The van der Waals surface area contributed by atoms with E-state index in [4.69, 9.17) is 9.84 Å². The summed E-state index contributed by atoms with van der Waals surface area (Å²) in [5, 5.41) is 29.7. The van der Waals surface area contributed by atoms with Gasteiger partial charge in [-0.3, -0.25) is 4.79 Å². The third-order valence-electron chi connectivity index (χ3n) is 8.17. The molecule has 0 spiro atoms. The molecule has 0 heterocycles. The summed E-state index contributed by atoms with van der Waals surface area (Å²) in [5.74, 6) is -0.215. The maximum atomic E-state index is 10.9. The molecule has 2 aromatic rings. The highest BCUT2D eigenvalue weighted by Gasteiger charge is 2.31. The Hall–Kier alpha value is -2.63. The number of aryl methyl sites for hydroxylation is 2. The number of aliphatic carboxylic acids is 1. The van der Waals surface area contributed by atoms with Gasteiger partial charge in [-0.1, -0.05) is 75.6 Å². The van der Waals surface area contributed by atoms with Gasteiger partial charge >= 0.3 is 5.97 Å². The lowest BCUT2D eigenvalue weighted by molar-refractivity contribution is -0.137. The first-order valence-corrected chi connectivity index (χ1v) is 13.8. The summed E-state index contributed by atoms with van der Waals surface area (Å²) in [4.78, 5) is 10.7. The number of ether oxygens (including phenoxy) is 1. The van der Waals surface area contributed by atoms with Crippen LogP contribution < -0.4 is 4.74 Å². The van der Waals surface area contributed by atoms with Crippen LogP contribution >= 0.6 is 0 Å². The van der Waals surface area contributed by atoms with Crippen molar-refractivity contribution in [3.63, 3.8) is 0 Å². The van der Waals surface area contributed by atoms with Crippen molar-refractivity contribution in [2.24, 2.45) is 0 Å². The molecule has 0 amide bonds. The van der Waals surface area contributed by atoms with Crippen LogP contribution in [0.5, 0.6) is 5.75 Å². The molecule has 3 rings (SSSR count). The predicted octanol–water partition coefficient (Wildman–Crippen LogP) is 6.72. The third kappa shape index (κ3) is 7.24. The first-order chi connectivity index (χ1) is 17.6. The average Bonchev–Trinajstić information content (AvgIpc) is 2.88. The number of carboxylic acids is 1. The molecule has 202 valence electrons. The van der Waals surface area contributed by atoms with Crippen LogP contribution in [0.3, 0.4) is 0 Å². The van der Waals surface area contributed by atoms with Crippen molar-refractivity contribution in [1.82, 2.24) is 0 Å². The molecule has 1 atom stereocenters. The number of hydrogen-bond acceptors (Lipinski definition) is 4. The normalized spacial score (nSPS) is 16.6. The Morgan fingerprint density at radius 3 is 2.22 bits per heavy atom. The van der Waals surface area contributed by atoms with E-state index in [1.165, 1.54) is 23.1 Å². The standard InChI is InChI=1S/C32H44O5/c1-5-32(6-2,27-12-14-29(24(4)21-27)37-22-28(33)13-15-30(34)35)26-11-10-25(23(3)20-26)16-19-31(36)17-8-7-9-18-31/h10-12,14,16,19-21,28,33,36H,5-9,13,15,17-18,22H2,1-4H3,(H,34,35)/b19-16+/t28-/m1/s1. The zero-order valence-corrected chi connectivity index (χ0v) is 22.9. The molecule has 5 heteroatoms. The van der Waals surface area contributed by atoms with Gasteiger partial charge in [0.1, 0.15) is 12.4 Å². The van der Waals surface area contributed by atoms with Crippen LogP contribution in [0.15, 0.2) is 42.5 Å². The first kappa shape index (κ1) is 28.9. The lowest BCUT2D eigenvalue weighted by Crippen LogP contribution is -2.28. The molecule has 5 nitrogen and oxygen atoms in total. The van der Waals surface area contributed by atoms with Crippen LogP contribution in [0.25, 0.3) is 6.08 Å². The second-order valence-electron chi connectivity index (χ2n) is 10.7. The van der Waals surface area contributed by atoms with Crippen LogP contribution in [0.4, 0.5) is 0 Å². The van der Waals surface area contributed by atoms with E-state index in [-0.39, 0.29) is 24.9 Å². The highest BCUT2D eigenvalue weighted by molar-refractivity contribution is 5.66. The molecule has 1 fully saturated rings. The molecule has 0 radical (unpaired) electrons. The molecule has 37 heavy (non-hydrogen) atoms. The topological polar surface area (TPSA) is 87.0 Å². The molecule has 1 aliphatic carbocycles. The van der Waals surface area contributed by atoms with Gasteiger partial charge in [0.05, 0.1) is 11.7 Å². The highest BCUT2D eigenvalue weighted by atomic mass is 16.5. The fraction of sp³-hybridized carbons (Fsp3) is 0.531. The molecule has 1 aliphatic rings. The highest BCUT2D eigenvalue weighted by Crippen LogP contribution is 2.41. The number of aliphatic hydroxyl groups excluding tert-OH is 1. The van der Waals surface area contributed by atoms with Crippen molar-refractivity contribution in [2.45, 2.75) is 103 Å². The zero-order chi connectivity index (χ0) is 27.1. The molecule has 0 aromatic heterocycles. The Bertz CT molecular complexity index is 1080. The molecule has 0 bridgehead atoms. The average molecular weight is 509 g/mol. The number of carboxylic acid groups (broad SMARTS) is 1. The lowest BCUT2D eigenvalue weighted by Gasteiger charge is -2.34. The lowest BCUT2D eigenvalue weighted by atomic mass is 9.70. The number of carbonyl (C=O) groups is 1. The third-order valence-corrected chi connectivity index (χ3v) is 8.17. The van der Waals surface area contributed by atoms with E-state index in [1.54, 1.807) is 0 Å². The maximum absolute atomic E-state index is 10.9. The van der Waals surface area contributed by atoms with Gasteiger partial charge in [-0.2, -0.15) is 0 Å². The molecule has 0 unspecified atom stereocenters. The fourth-order valence-corrected chi connectivity index (χ4v) is 5.64. The van der Waals surface area contributed by atoms with E-state index in [1.807, 2.05) is 19.1 Å². The Kier molecular flexibility index (Phi) is 9.97. The summed E-state index contributed by atoms with van der Waals surface area (Å²) >= 11 is 0. The van der Waals surface area contributed by atoms with Crippen molar-refractivity contribution in [1.29, 1.82) is 0 Å². The van der Waals surface area contributed by atoms with Gasteiger partial charge in [-0.05, 0) is 79.8 Å². The van der Waals surface area contributed by atoms with Gasteiger partial charge in [-0.25, -0.2) is 0 Å². The van der Waals surface area contributed by atoms with Gasteiger partial charge in [0.15, 0.2) is 0 Å². The molecule has 0 aliphatic heterocycles. The van der Waals surface area contributed by atoms with E-state index in [0.29, 0.717) is 5.75 Å². The number of hydrogen-bond donors (Lipinski definition) is 3. The second-order valence-corrected chi connectivity index (χ2v) is 10.7. The SMILES string of the molecule is CCC(CC)(c1ccc(/C=C/C2(O)CCCCC2)c(C)c1)c1ccc(OC[C@H](O)CCC(=O)O)c(C)c1. The Labute approximate surface area is 222 Å². The summed E-state index contributed by atoms with van der Waals surface area (Å²) in [6.07, 6.45) is 10.3. The van der Waals surface area contributed by atoms with Gasteiger partial charge in [0.2, 0.25) is 0 Å². The van der Waals surface area contributed by atoms with Crippen LogP contribution in [0, 0.1) is 13.8 Å². The minimum atomic E-state index is -0.920. The fourth-order valence-electron chi connectivity index (χ4n) is 5.64. The monoisotopic (exact) mass is 508 g/mol. The Morgan fingerprint density at radius 2 is 1.65 bits per heavy atom. The minimum absolute atomic E-state index is 0.0729. The van der Waals surface area contributed by atoms with Crippen molar-refractivity contribution < 1.29 is 24.9 Å². The quantitative estimate of drug-likeness (QED) is 0.296. The Balaban J connectivity index is 1.80. The maximum Gasteiger partial charge on any atom is 0.303 e. The minimum Gasteiger partial charge on any atom is -0.491 e. The van der Waals surface area contributed by atoms with Crippen molar-refractivity contribution >= 4 is 12.0 Å². The molecular weight excluding hydrogens is 464 g/mol. The van der Waals surface area contributed by atoms with Crippen LogP contribution in [-0.2, 0) is 10.2 Å². The molecule has 2 aromatic carbocycles. The zero-order valence-electron chi connectivity index (χ0n) is 22.9. The van der Waals surface area contributed by atoms with Crippen LogP contribution in [0.2, 0.25) is 0 Å². The van der Waals surface area contributed by atoms with E-state index in [9.17, 15) is 15.0 Å². The summed E-state index contributed by atoms with van der Waals surface area (Å²) in [7, 11) is 0.